The van der Waals surface area contributed by atoms with Gasteiger partial charge in [-0.2, -0.15) is 0 Å². The van der Waals surface area contributed by atoms with Gasteiger partial charge in [0.15, 0.2) is 12.6 Å². The standard InChI is InChI=1S/C20H20Cl2O6/c21-13-5-1-3-11(7-13)19-25-10-15(24)17-18(28-19)16(9-23)26-20(27-17)12-4-2-6-14(22)8-12/h1-8,15-20,23-24H,9-10H2/t15-,16+,17-,18-,19?,20?/m1/s1. The quantitative estimate of drug-likeness (QED) is 0.784. The largest absolute Gasteiger partial charge is 0.394 e. The second-order valence-corrected chi connectivity index (χ2v) is 7.61. The van der Waals surface area contributed by atoms with E-state index in [0.717, 1.165) is 0 Å². The van der Waals surface area contributed by atoms with Crippen LogP contribution in [0.15, 0.2) is 48.5 Å². The molecule has 2 heterocycles. The van der Waals surface area contributed by atoms with E-state index in [1.54, 1.807) is 42.5 Å². The predicted molar refractivity (Wildman–Crippen MR) is 102 cm³/mol. The summed E-state index contributed by atoms with van der Waals surface area (Å²) in [6.45, 7) is -0.310. The van der Waals surface area contributed by atoms with Crippen LogP contribution in [0.2, 0.25) is 10.0 Å². The second-order valence-electron chi connectivity index (χ2n) is 6.73. The lowest BCUT2D eigenvalue weighted by Crippen LogP contribution is -2.54. The third kappa shape index (κ3) is 4.20. The van der Waals surface area contributed by atoms with Crippen LogP contribution in [0.3, 0.4) is 0 Å². The highest BCUT2D eigenvalue weighted by atomic mass is 35.5. The average Bonchev–Trinajstić information content (AvgIpc) is 2.86. The molecule has 28 heavy (non-hydrogen) atoms. The van der Waals surface area contributed by atoms with E-state index in [9.17, 15) is 10.2 Å². The monoisotopic (exact) mass is 426 g/mol. The number of aliphatic hydroxyl groups excluding tert-OH is 2. The van der Waals surface area contributed by atoms with Crippen molar-refractivity contribution in [2.24, 2.45) is 0 Å². The molecule has 2 aliphatic rings. The van der Waals surface area contributed by atoms with Gasteiger partial charge in [0.25, 0.3) is 0 Å². The van der Waals surface area contributed by atoms with Crippen molar-refractivity contribution in [1.82, 2.24) is 0 Å². The van der Waals surface area contributed by atoms with Crippen molar-refractivity contribution in [3.8, 4) is 0 Å². The fourth-order valence-corrected chi connectivity index (χ4v) is 3.82. The predicted octanol–water partition coefficient (Wildman–Crippen LogP) is 3.24. The molecular formula is C20H20Cl2O6. The number of benzene rings is 2. The fourth-order valence-electron chi connectivity index (χ4n) is 3.42. The zero-order valence-corrected chi connectivity index (χ0v) is 16.3. The van der Waals surface area contributed by atoms with Crippen LogP contribution in [-0.2, 0) is 18.9 Å². The molecule has 0 aliphatic carbocycles. The van der Waals surface area contributed by atoms with Crippen LogP contribution < -0.4 is 0 Å². The molecule has 8 heteroatoms. The van der Waals surface area contributed by atoms with Crippen molar-refractivity contribution in [2.75, 3.05) is 13.2 Å². The molecule has 2 fully saturated rings. The first kappa shape index (κ1) is 20.1. The van der Waals surface area contributed by atoms with Crippen molar-refractivity contribution < 1.29 is 29.2 Å². The molecule has 2 aromatic rings. The van der Waals surface area contributed by atoms with E-state index < -0.39 is 37.0 Å². The lowest BCUT2D eigenvalue weighted by molar-refractivity contribution is -0.322. The molecule has 0 aromatic heterocycles. The number of rotatable bonds is 3. The van der Waals surface area contributed by atoms with Crippen LogP contribution >= 0.6 is 23.2 Å². The Morgan fingerprint density at radius 2 is 1.46 bits per heavy atom. The van der Waals surface area contributed by atoms with Gasteiger partial charge >= 0.3 is 0 Å². The Morgan fingerprint density at radius 3 is 2.07 bits per heavy atom. The molecule has 6 nitrogen and oxygen atoms in total. The molecule has 2 N–H and O–H groups in total. The van der Waals surface area contributed by atoms with Gasteiger partial charge < -0.3 is 29.2 Å². The van der Waals surface area contributed by atoms with Gasteiger partial charge in [-0.15, -0.1) is 0 Å². The van der Waals surface area contributed by atoms with E-state index in [0.29, 0.717) is 21.2 Å². The molecule has 2 unspecified atom stereocenters. The summed E-state index contributed by atoms with van der Waals surface area (Å²) < 4.78 is 23.7. The summed E-state index contributed by atoms with van der Waals surface area (Å²) in [4.78, 5) is 0. The van der Waals surface area contributed by atoms with Crippen LogP contribution in [0.25, 0.3) is 0 Å². The summed E-state index contributed by atoms with van der Waals surface area (Å²) in [5.74, 6) is 0. The number of aliphatic hydroxyl groups is 2. The van der Waals surface area contributed by atoms with Crippen molar-refractivity contribution in [3.63, 3.8) is 0 Å². The Labute approximate surface area is 172 Å². The first-order chi connectivity index (χ1) is 13.5. The lowest BCUT2D eigenvalue weighted by atomic mass is 10.0. The van der Waals surface area contributed by atoms with E-state index in [1.165, 1.54) is 0 Å². The van der Waals surface area contributed by atoms with Crippen molar-refractivity contribution in [3.05, 3.63) is 69.7 Å². The van der Waals surface area contributed by atoms with Gasteiger partial charge in [0.1, 0.15) is 24.4 Å². The third-order valence-electron chi connectivity index (χ3n) is 4.77. The van der Waals surface area contributed by atoms with Crippen LogP contribution in [0.4, 0.5) is 0 Å². The van der Waals surface area contributed by atoms with E-state index in [4.69, 9.17) is 42.1 Å². The summed E-state index contributed by atoms with van der Waals surface area (Å²) in [7, 11) is 0. The van der Waals surface area contributed by atoms with E-state index in [1.807, 2.05) is 6.07 Å². The molecule has 0 radical (unpaired) electrons. The molecular weight excluding hydrogens is 407 g/mol. The average molecular weight is 427 g/mol. The van der Waals surface area contributed by atoms with Gasteiger partial charge in [-0.05, 0) is 24.3 Å². The summed E-state index contributed by atoms with van der Waals surface area (Å²) in [6, 6.07) is 14.1. The first-order valence-corrected chi connectivity index (χ1v) is 9.68. The third-order valence-corrected chi connectivity index (χ3v) is 5.24. The Morgan fingerprint density at radius 1 is 0.857 bits per heavy atom. The minimum Gasteiger partial charge on any atom is -0.394 e. The molecule has 0 spiro atoms. The zero-order valence-electron chi connectivity index (χ0n) is 14.8. The number of fused-ring (bicyclic) bond motifs is 1. The highest BCUT2D eigenvalue weighted by Crippen LogP contribution is 2.38. The molecule has 0 saturated carbocycles. The maximum absolute atomic E-state index is 10.6. The van der Waals surface area contributed by atoms with Crippen molar-refractivity contribution in [2.45, 2.75) is 37.0 Å². The van der Waals surface area contributed by atoms with Gasteiger partial charge in [-0.25, -0.2) is 0 Å². The fraction of sp³-hybridized carbons (Fsp3) is 0.400. The van der Waals surface area contributed by atoms with Gasteiger partial charge in [0.05, 0.1) is 13.2 Å². The van der Waals surface area contributed by atoms with E-state index >= 15 is 0 Å². The van der Waals surface area contributed by atoms with Crippen LogP contribution in [0.5, 0.6) is 0 Å². The smallest absolute Gasteiger partial charge is 0.185 e. The van der Waals surface area contributed by atoms with Crippen LogP contribution in [-0.4, -0.2) is 47.8 Å². The molecule has 6 atom stereocenters. The molecule has 2 aliphatic heterocycles. The molecule has 4 rings (SSSR count). The van der Waals surface area contributed by atoms with Crippen LogP contribution in [0, 0.1) is 0 Å². The maximum atomic E-state index is 10.6. The highest BCUT2D eigenvalue weighted by molar-refractivity contribution is 6.30. The number of ether oxygens (including phenoxy) is 4. The molecule has 150 valence electrons. The summed E-state index contributed by atoms with van der Waals surface area (Å²) in [5.41, 5.74) is 1.39. The highest BCUT2D eigenvalue weighted by Gasteiger charge is 2.47. The Kier molecular flexibility index (Phi) is 6.20. The van der Waals surface area contributed by atoms with Crippen molar-refractivity contribution in [1.29, 1.82) is 0 Å². The Balaban J connectivity index is 1.60. The number of hydrogen-bond donors (Lipinski definition) is 2. The topological polar surface area (TPSA) is 77.4 Å². The van der Waals surface area contributed by atoms with Crippen molar-refractivity contribution >= 4 is 23.2 Å². The van der Waals surface area contributed by atoms with Gasteiger partial charge in [-0.1, -0.05) is 47.5 Å². The SMILES string of the molecule is OC[C@@H]1OC(c2cccc(Cl)c2)O[C@H]2[C@@H]1OC(c1cccc(Cl)c1)OC[C@H]2O. The molecule has 2 aromatic carbocycles. The molecule has 0 amide bonds. The number of hydrogen-bond acceptors (Lipinski definition) is 6. The van der Waals surface area contributed by atoms with Gasteiger partial charge in [0, 0.05) is 21.2 Å². The van der Waals surface area contributed by atoms with E-state index in [2.05, 4.69) is 0 Å². The van der Waals surface area contributed by atoms with Crippen LogP contribution in [0.1, 0.15) is 23.7 Å². The lowest BCUT2D eigenvalue weighted by Gasteiger charge is -2.41. The summed E-state index contributed by atoms with van der Waals surface area (Å²) in [6.07, 6.45) is -4.74. The Bertz CT molecular complexity index is 775. The van der Waals surface area contributed by atoms with Gasteiger partial charge in [-0.3, -0.25) is 0 Å². The Hall–Kier alpha value is -1.22. The summed E-state index contributed by atoms with van der Waals surface area (Å²) in [5, 5.41) is 21.6. The first-order valence-electron chi connectivity index (χ1n) is 8.93. The molecule has 0 bridgehead atoms. The maximum Gasteiger partial charge on any atom is 0.185 e. The second kappa shape index (κ2) is 8.65. The number of halogens is 2. The normalized spacial score (nSPS) is 33.1. The van der Waals surface area contributed by atoms with E-state index in [-0.39, 0.29) is 13.2 Å². The summed E-state index contributed by atoms with van der Waals surface area (Å²) >= 11 is 12.1. The zero-order chi connectivity index (χ0) is 19.7. The molecule has 2 saturated heterocycles. The van der Waals surface area contributed by atoms with Gasteiger partial charge in [0.2, 0.25) is 0 Å². The minimum absolute atomic E-state index is 0.00123. The minimum atomic E-state index is -0.964.